The van der Waals surface area contributed by atoms with E-state index in [2.05, 4.69) is 34.5 Å². The lowest BCUT2D eigenvalue weighted by atomic mass is 10.0. The number of carbonyl (C=O) groups excluding carboxylic acids is 1. The Morgan fingerprint density at radius 2 is 1.80 bits per heavy atom. The fraction of sp³-hybridized carbons (Fsp3) is 0.208. The van der Waals surface area contributed by atoms with Crippen LogP contribution in [0.3, 0.4) is 0 Å². The Morgan fingerprint density at radius 3 is 2.46 bits per heavy atom. The number of hydrogen-bond acceptors (Lipinski definition) is 5. The van der Waals surface area contributed by atoms with E-state index in [4.69, 9.17) is 14.9 Å². The van der Waals surface area contributed by atoms with E-state index in [0.717, 1.165) is 40.1 Å². The number of fused-ring (bicyclic) bond motifs is 1. The van der Waals surface area contributed by atoms with Crippen LogP contribution in [0.25, 0.3) is 28.2 Å². The van der Waals surface area contributed by atoms with Crippen LogP contribution in [0.15, 0.2) is 60.9 Å². The van der Waals surface area contributed by atoms with Crippen molar-refractivity contribution in [2.45, 2.75) is 32.9 Å². The molecule has 35 heavy (non-hydrogen) atoms. The second-order valence-corrected chi connectivity index (χ2v) is 7.50. The Morgan fingerprint density at radius 1 is 1.06 bits per heavy atom. The highest BCUT2D eigenvalue weighted by molar-refractivity contribution is 5.91. The number of carboxylic acids is 1. The molecular weight excluding hydrogens is 463 g/mol. The van der Waals surface area contributed by atoms with Crippen LogP contribution < -0.4 is 5.32 Å². The van der Waals surface area contributed by atoms with Gasteiger partial charge in [0.25, 0.3) is 0 Å². The number of aryl methyl sites for hydroxylation is 1. The molecule has 4 aromatic rings. The van der Waals surface area contributed by atoms with Crippen molar-refractivity contribution in [2.75, 3.05) is 5.32 Å². The molecule has 1 aromatic carbocycles. The van der Waals surface area contributed by atoms with Gasteiger partial charge < -0.3 is 10.4 Å². The average molecular weight is 485 g/mol. The number of pyridine rings is 1. The number of amides is 1. The van der Waals surface area contributed by atoms with Crippen LogP contribution in [0.2, 0.25) is 0 Å². The van der Waals surface area contributed by atoms with Gasteiger partial charge in [-0.3, -0.25) is 4.79 Å². The summed E-state index contributed by atoms with van der Waals surface area (Å²) in [6.45, 7) is 4.03. The van der Waals surface area contributed by atoms with Crippen molar-refractivity contribution in [3.63, 3.8) is 0 Å². The van der Waals surface area contributed by atoms with E-state index >= 15 is 0 Å². The highest BCUT2D eigenvalue weighted by Crippen LogP contribution is 2.33. The van der Waals surface area contributed by atoms with E-state index in [1.165, 1.54) is 0 Å². The van der Waals surface area contributed by atoms with Gasteiger partial charge in [-0.05, 0) is 43.7 Å². The Hall–Kier alpha value is -4.28. The van der Waals surface area contributed by atoms with Crippen LogP contribution in [0.1, 0.15) is 25.3 Å². The molecule has 3 aromatic heterocycles. The van der Waals surface area contributed by atoms with Gasteiger partial charge in [0, 0.05) is 29.9 Å². The lowest BCUT2D eigenvalue weighted by Gasteiger charge is -2.08. The van der Waals surface area contributed by atoms with Crippen LogP contribution in [-0.4, -0.2) is 42.7 Å². The van der Waals surface area contributed by atoms with Gasteiger partial charge in [-0.2, -0.15) is 18.3 Å². The molecule has 0 radical (unpaired) electrons. The van der Waals surface area contributed by atoms with E-state index in [0.29, 0.717) is 12.2 Å². The van der Waals surface area contributed by atoms with Gasteiger partial charge in [-0.25, -0.2) is 19.3 Å². The zero-order chi connectivity index (χ0) is 25.6. The number of hydrogen-bond donors (Lipinski definition) is 2. The van der Waals surface area contributed by atoms with Crippen molar-refractivity contribution in [1.29, 1.82) is 0 Å². The fourth-order valence-corrected chi connectivity index (χ4v) is 3.22. The van der Waals surface area contributed by atoms with Crippen molar-refractivity contribution in [3.05, 3.63) is 66.5 Å². The Labute approximate surface area is 198 Å². The molecule has 0 aliphatic heterocycles. The maximum atomic E-state index is 12.0. The number of halogens is 3. The molecule has 1 amide bonds. The lowest BCUT2D eigenvalue weighted by Crippen LogP contribution is -2.21. The zero-order valence-corrected chi connectivity index (χ0v) is 18.9. The molecule has 3 heterocycles. The minimum Gasteiger partial charge on any atom is -0.475 e. The molecule has 0 atom stereocenters. The SMILES string of the molecule is CCCC(=O)Nc1cc(-c2c(-c3cccc(C)c3)nc3cccnn23)ccn1.O=C(O)C(F)(F)F. The first-order valence-electron chi connectivity index (χ1n) is 10.6. The lowest BCUT2D eigenvalue weighted by molar-refractivity contribution is -0.192. The van der Waals surface area contributed by atoms with Crippen molar-refractivity contribution in [3.8, 4) is 22.5 Å². The molecular formula is C24H22F3N5O3. The first-order chi connectivity index (χ1) is 16.6. The number of carbonyl (C=O) groups is 2. The van der Waals surface area contributed by atoms with Crippen molar-refractivity contribution >= 4 is 23.3 Å². The number of nitrogens with one attached hydrogen (secondary N) is 1. The number of aromatic nitrogens is 4. The summed E-state index contributed by atoms with van der Waals surface area (Å²) >= 11 is 0. The minimum atomic E-state index is -5.08. The van der Waals surface area contributed by atoms with E-state index in [-0.39, 0.29) is 5.91 Å². The molecule has 0 bridgehead atoms. The summed E-state index contributed by atoms with van der Waals surface area (Å²) in [7, 11) is 0. The molecule has 11 heteroatoms. The third kappa shape index (κ3) is 6.40. The molecule has 0 unspecified atom stereocenters. The zero-order valence-electron chi connectivity index (χ0n) is 18.9. The quantitative estimate of drug-likeness (QED) is 0.405. The van der Waals surface area contributed by atoms with Crippen molar-refractivity contribution < 1.29 is 27.9 Å². The van der Waals surface area contributed by atoms with E-state index in [1.54, 1.807) is 12.4 Å². The van der Waals surface area contributed by atoms with Gasteiger partial charge >= 0.3 is 12.1 Å². The molecule has 0 aliphatic rings. The number of alkyl halides is 3. The van der Waals surface area contributed by atoms with Gasteiger partial charge in [-0.1, -0.05) is 30.7 Å². The molecule has 0 saturated heterocycles. The third-order valence-corrected chi connectivity index (χ3v) is 4.70. The van der Waals surface area contributed by atoms with Gasteiger partial charge in [0.2, 0.25) is 5.91 Å². The summed E-state index contributed by atoms with van der Waals surface area (Å²) in [5.41, 5.74) is 5.56. The molecule has 8 nitrogen and oxygen atoms in total. The Bertz CT molecular complexity index is 1350. The smallest absolute Gasteiger partial charge is 0.475 e. The van der Waals surface area contributed by atoms with Crippen LogP contribution >= 0.6 is 0 Å². The summed E-state index contributed by atoms with van der Waals surface area (Å²) in [4.78, 5) is 30.0. The Kier molecular flexibility index (Phi) is 7.80. The van der Waals surface area contributed by atoms with Crippen molar-refractivity contribution in [2.24, 2.45) is 0 Å². The molecule has 4 rings (SSSR count). The average Bonchev–Trinajstić information content (AvgIpc) is 3.19. The van der Waals surface area contributed by atoms with E-state index < -0.39 is 12.1 Å². The molecule has 0 saturated carbocycles. The van der Waals surface area contributed by atoms with E-state index in [9.17, 15) is 18.0 Å². The van der Waals surface area contributed by atoms with Gasteiger partial charge in [0.1, 0.15) is 11.5 Å². The predicted octanol–water partition coefficient (Wildman–Crippen LogP) is 5.14. The first kappa shape index (κ1) is 25.3. The van der Waals surface area contributed by atoms with E-state index in [1.807, 2.05) is 47.8 Å². The van der Waals surface area contributed by atoms with Crippen LogP contribution in [-0.2, 0) is 9.59 Å². The normalized spacial score (nSPS) is 11.0. The van der Waals surface area contributed by atoms with Crippen LogP contribution in [0, 0.1) is 6.92 Å². The minimum absolute atomic E-state index is 0.0395. The van der Waals surface area contributed by atoms with Gasteiger partial charge in [0.15, 0.2) is 5.65 Å². The molecule has 0 fully saturated rings. The number of anilines is 1. The topological polar surface area (TPSA) is 109 Å². The van der Waals surface area contributed by atoms with Gasteiger partial charge in [-0.15, -0.1) is 0 Å². The highest BCUT2D eigenvalue weighted by Gasteiger charge is 2.38. The number of aliphatic carboxylic acids is 1. The summed E-state index contributed by atoms with van der Waals surface area (Å²) in [5.74, 6) is -2.27. The number of carboxylic acid groups (broad SMARTS) is 1. The maximum Gasteiger partial charge on any atom is 0.490 e. The number of rotatable bonds is 5. The number of imidazole rings is 1. The van der Waals surface area contributed by atoms with Crippen LogP contribution in [0.5, 0.6) is 0 Å². The first-order valence-corrected chi connectivity index (χ1v) is 10.6. The maximum absolute atomic E-state index is 12.0. The second kappa shape index (κ2) is 10.8. The van der Waals surface area contributed by atoms with Gasteiger partial charge in [0.05, 0.1) is 5.69 Å². The second-order valence-electron chi connectivity index (χ2n) is 7.50. The summed E-state index contributed by atoms with van der Waals surface area (Å²) in [5, 5.41) is 14.5. The molecule has 182 valence electrons. The summed E-state index contributed by atoms with van der Waals surface area (Å²) in [6.07, 6.45) is -0.388. The summed E-state index contributed by atoms with van der Waals surface area (Å²) in [6, 6.07) is 15.8. The molecule has 0 spiro atoms. The monoisotopic (exact) mass is 485 g/mol. The largest absolute Gasteiger partial charge is 0.490 e. The number of benzene rings is 1. The van der Waals surface area contributed by atoms with Crippen molar-refractivity contribution in [1.82, 2.24) is 19.6 Å². The third-order valence-electron chi connectivity index (χ3n) is 4.70. The molecule has 0 aliphatic carbocycles. The standard InChI is InChI=1S/C22H21N5O.C2HF3O2/c1-3-6-20(28)25-18-14-17(10-12-23-18)22-21(16-8-4-7-15(2)13-16)26-19-9-5-11-24-27(19)22;3-2(4,5)1(6)7/h4-5,7-14H,3,6H2,1-2H3,(H,23,25,28);(H,6,7). The number of nitrogens with zero attached hydrogens (tertiary/aromatic N) is 4. The Balaban J connectivity index is 0.000000429. The fourth-order valence-electron chi connectivity index (χ4n) is 3.22. The highest BCUT2D eigenvalue weighted by atomic mass is 19.4. The molecule has 2 N–H and O–H groups in total. The predicted molar refractivity (Wildman–Crippen MR) is 124 cm³/mol. The van der Waals surface area contributed by atoms with Crippen LogP contribution in [0.4, 0.5) is 19.0 Å². The summed E-state index contributed by atoms with van der Waals surface area (Å²) < 4.78 is 33.6.